The maximum Gasteiger partial charge on any atom is 0.174 e. The number of nitrogens with one attached hydrogen (secondary N) is 1. The molecule has 1 fully saturated rings. The van der Waals surface area contributed by atoms with Crippen LogP contribution in [0.5, 0.6) is 0 Å². The number of thiocarbonyl (C=S) groups is 1. The van der Waals surface area contributed by atoms with E-state index in [-0.39, 0.29) is 12.1 Å². The number of hydrogen-bond donors (Lipinski definition) is 1. The SMILES string of the molecule is CCc1ccccc1-n1c(C)cc([C@@H]2[C@H](c3ccccn3)NC(=S)N2c2ccc(N(C)C)cc2)c1C. The molecule has 0 unspecified atom stereocenters. The maximum absolute atomic E-state index is 5.95. The Bertz CT molecular complexity index is 1370. The highest BCUT2D eigenvalue weighted by Gasteiger charge is 2.42. The van der Waals surface area contributed by atoms with Crippen molar-refractivity contribution in [3.05, 3.63) is 107 Å². The third kappa shape index (κ3) is 4.16. The van der Waals surface area contributed by atoms with Crippen molar-refractivity contribution in [3.63, 3.8) is 0 Å². The zero-order valence-electron chi connectivity index (χ0n) is 21.6. The van der Waals surface area contributed by atoms with E-state index in [0.717, 1.165) is 23.5 Å². The molecule has 0 spiro atoms. The van der Waals surface area contributed by atoms with E-state index in [2.05, 4.69) is 115 Å². The summed E-state index contributed by atoms with van der Waals surface area (Å²) >= 11 is 5.95. The fraction of sp³-hybridized carbons (Fsp3) is 0.267. The molecular formula is C30H33N5S. The second-order valence-corrected chi connectivity index (χ2v) is 9.94. The highest BCUT2D eigenvalue weighted by atomic mass is 32.1. The molecule has 0 radical (unpaired) electrons. The third-order valence-corrected chi connectivity index (χ3v) is 7.46. The van der Waals surface area contributed by atoms with Gasteiger partial charge in [0.1, 0.15) is 0 Å². The second kappa shape index (κ2) is 9.78. The number of anilines is 2. The monoisotopic (exact) mass is 495 g/mol. The zero-order chi connectivity index (χ0) is 25.4. The summed E-state index contributed by atoms with van der Waals surface area (Å²) in [4.78, 5) is 9.08. The van der Waals surface area contributed by atoms with Gasteiger partial charge in [-0.1, -0.05) is 31.2 Å². The quantitative estimate of drug-likeness (QED) is 0.318. The standard InChI is InChI=1S/C30H33N5S/c1-6-22-11-7-8-13-27(22)34-20(2)19-25(21(34)3)29-28(26-12-9-10-18-31-26)32-30(36)35(29)24-16-14-23(15-17-24)33(4)5/h7-19,28-29H,6H2,1-5H3,(H,32,36)/t28-,29+/m0/s1. The molecule has 0 amide bonds. The van der Waals surface area contributed by atoms with E-state index in [9.17, 15) is 0 Å². The average Bonchev–Trinajstić information content (AvgIpc) is 3.39. The Hall–Kier alpha value is -3.64. The van der Waals surface area contributed by atoms with Gasteiger partial charge in [-0.25, -0.2) is 0 Å². The first-order chi connectivity index (χ1) is 17.4. The van der Waals surface area contributed by atoms with Gasteiger partial charge in [-0.3, -0.25) is 4.98 Å². The van der Waals surface area contributed by atoms with Gasteiger partial charge in [0, 0.05) is 48.7 Å². The number of para-hydroxylation sites is 1. The fourth-order valence-corrected chi connectivity index (χ4v) is 5.69. The first-order valence-corrected chi connectivity index (χ1v) is 12.9. The molecular weight excluding hydrogens is 462 g/mol. The fourth-order valence-electron chi connectivity index (χ4n) is 5.35. The molecule has 184 valence electrons. The molecule has 1 N–H and O–H groups in total. The minimum Gasteiger partial charge on any atom is -0.378 e. The number of aryl methyl sites for hydroxylation is 2. The molecule has 6 heteroatoms. The summed E-state index contributed by atoms with van der Waals surface area (Å²) in [5.74, 6) is 0. The Kier molecular flexibility index (Phi) is 6.54. The predicted molar refractivity (Wildman–Crippen MR) is 153 cm³/mol. The molecule has 2 aromatic carbocycles. The number of aromatic nitrogens is 2. The topological polar surface area (TPSA) is 36.3 Å². The van der Waals surface area contributed by atoms with Crippen LogP contribution in [-0.4, -0.2) is 28.8 Å². The molecule has 1 aliphatic heterocycles. The molecule has 2 aromatic heterocycles. The summed E-state index contributed by atoms with van der Waals surface area (Å²) in [5, 5.41) is 4.31. The highest BCUT2D eigenvalue weighted by molar-refractivity contribution is 7.80. The van der Waals surface area contributed by atoms with Crippen LogP contribution in [0.2, 0.25) is 0 Å². The minimum absolute atomic E-state index is 0.0358. The number of hydrogen-bond acceptors (Lipinski definition) is 3. The molecule has 3 heterocycles. The molecule has 2 atom stereocenters. The molecule has 1 saturated heterocycles. The lowest BCUT2D eigenvalue weighted by Gasteiger charge is -2.28. The average molecular weight is 496 g/mol. The summed E-state index contributed by atoms with van der Waals surface area (Å²) in [6.45, 7) is 6.62. The van der Waals surface area contributed by atoms with E-state index in [0.29, 0.717) is 5.11 Å². The summed E-state index contributed by atoms with van der Waals surface area (Å²) in [6.07, 6.45) is 2.84. The van der Waals surface area contributed by atoms with Crippen molar-refractivity contribution in [2.24, 2.45) is 0 Å². The second-order valence-electron chi connectivity index (χ2n) is 9.55. The van der Waals surface area contributed by atoms with Crippen molar-refractivity contribution in [2.45, 2.75) is 39.3 Å². The van der Waals surface area contributed by atoms with Crippen LogP contribution in [0, 0.1) is 13.8 Å². The van der Waals surface area contributed by atoms with Gasteiger partial charge < -0.3 is 19.7 Å². The Morgan fingerprint density at radius 2 is 1.69 bits per heavy atom. The van der Waals surface area contributed by atoms with Crippen LogP contribution in [0.3, 0.4) is 0 Å². The summed E-state index contributed by atoms with van der Waals surface area (Å²) in [7, 11) is 4.11. The van der Waals surface area contributed by atoms with Crippen LogP contribution in [0.1, 0.15) is 47.2 Å². The molecule has 4 aromatic rings. The van der Waals surface area contributed by atoms with E-state index < -0.39 is 0 Å². The smallest absolute Gasteiger partial charge is 0.174 e. The Morgan fingerprint density at radius 1 is 0.972 bits per heavy atom. The lowest BCUT2D eigenvalue weighted by atomic mass is 9.96. The summed E-state index contributed by atoms with van der Waals surface area (Å²) < 4.78 is 2.39. The van der Waals surface area contributed by atoms with Gasteiger partial charge in [-0.15, -0.1) is 0 Å². The molecule has 1 aliphatic rings. The van der Waals surface area contributed by atoms with Gasteiger partial charge in [-0.05, 0) is 92.1 Å². The van der Waals surface area contributed by atoms with Crippen LogP contribution in [0.15, 0.2) is 79.0 Å². The van der Waals surface area contributed by atoms with Crippen molar-refractivity contribution >= 4 is 28.7 Å². The first kappa shape index (κ1) is 24.1. The summed E-state index contributed by atoms with van der Waals surface area (Å²) in [6, 6.07) is 25.6. The van der Waals surface area contributed by atoms with Crippen LogP contribution < -0.4 is 15.1 Å². The van der Waals surface area contributed by atoms with Crippen molar-refractivity contribution < 1.29 is 0 Å². The van der Waals surface area contributed by atoms with Crippen molar-refractivity contribution in [1.82, 2.24) is 14.9 Å². The van der Waals surface area contributed by atoms with E-state index in [4.69, 9.17) is 17.2 Å². The van der Waals surface area contributed by atoms with Crippen molar-refractivity contribution in [2.75, 3.05) is 23.9 Å². The van der Waals surface area contributed by atoms with Gasteiger partial charge in [0.2, 0.25) is 0 Å². The minimum atomic E-state index is -0.0670. The van der Waals surface area contributed by atoms with Crippen molar-refractivity contribution in [1.29, 1.82) is 0 Å². The predicted octanol–water partition coefficient (Wildman–Crippen LogP) is 6.29. The van der Waals surface area contributed by atoms with Crippen LogP contribution in [0.4, 0.5) is 11.4 Å². The molecule has 0 aliphatic carbocycles. The van der Waals surface area contributed by atoms with E-state index in [1.165, 1.54) is 28.2 Å². The molecule has 36 heavy (non-hydrogen) atoms. The normalized spacial score (nSPS) is 17.4. The largest absolute Gasteiger partial charge is 0.378 e. The van der Waals surface area contributed by atoms with Gasteiger partial charge in [0.05, 0.1) is 17.8 Å². The molecule has 5 rings (SSSR count). The lowest BCUT2D eigenvalue weighted by molar-refractivity contribution is 0.565. The van der Waals surface area contributed by atoms with Crippen LogP contribution in [0.25, 0.3) is 5.69 Å². The van der Waals surface area contributed by atoms with Gasteiger partial charge in [0.25, 0.3) is 0 Å². The van der Waals surface area contributed by atoms with Crippen molar-refractivity contribution in [3.8, 4) is 5.69 Å². The summed E-state index contributed by atoms with van der Waals surface area (Å²) in [5.41, 5.74) is 9.47. The third-order valence-electron chi connectivity index (χ3n) is 7.14. The van der Waals surface area contributed by atoms with Gasteiger partial charge in [0.15, 0.2) is 5.11 Å². The maximum atomic E-state index is 5.95. The van der Waals surface area contributed by atoms with E-state index >= 15 is 0 Å². The highest BCUT2D eigenvalue weighted by Crippen LogP contribution is 2.44. The van der Waals surface area contributed by atoms with E-state index in [1.54, 1.807) is 0 Å². The lowest BCUT2D eigenvalue weighted by Crippen LogP contribution is -2.29. The zero-order valence-corrected chi connectivity index (χ0v) is 22.4. The van der Waals surface area contributed by atoms with E-state index in [1.807, 2.05) is 18.3 Å². The van der Waals surface area contributed by atoms with Crippen LogP contribution >= 0.6 is 12.2 Å². The number of nitrogens with zero attached hydrogens (tertiary/aromatic N) is 4. The van der Waals surface area contributed by atoms with Gasteiger partial charge >= 0.3 is 0 Å². The van der Waals surface area contributed by atoms with Crippen LogP contribution in [-0.2, 0) is 6.42 Å². The molecule has 0 saturated carbocycles. The molecule has 0 bridgehead atoms. The Balaban J connectivity index is 1.67. The Labute approximate surface area is 219 Å². The Morgan fingerprint density at radius 3 is 2.36 bits per heavy atom. The first-order valence-electron chi connectivity index (χ1n) is 12.5. The number of rotatable bonds is 6. The molecule has 5 nitrogen and oxygen atoms in total. The number of pyridine rings is 1. The number of benzene rings is 2. The van der Waals surface area contributed by atoms with Gasteiger partial charge in [-0.2, -0.15) is 0 Å².